The first kappa shape index (κ1) is 15.7. The summed E-state index contributed by atoms with van der Waals surface area (Å²) in [4.78, 5) is 2.77. The van der Waals surface area contributed by atoms with Crippen molar-refractivity contribution in [1.29, 1.82) is 0 Å². The van der Waals surface area contributed by atoms with Crippen molar-refractivity contribution in [3.8, 4) is 0 Å². The highest BCUT2D eigenvalue weighted by Gasteiger charge is 2.36. The quantitative estimate of drug-likeness (QED) is 0.852. The summed E-state index contributed by atoms with van der Waals surface area (Å²) >= 11 is 2.14. The molecule has 19 heavy (non-hydrogen) atoms. The van der Waals surface area contributed by atoms with Crippen molar-refractivity contribution >= 4 is 11.8 Å². The third kappa shape index (κ3) is 3.89. The van der Waals surface area contributed by atoms with Crippen molar-refractivity contribution in [2.75, 3.05) is 25.9 Å². The Balaban J connectivity index is 1.98. The van der Waals surface area contributed by atoms with Gasteiger partial charge >= 0.3 is 0 Å². The summed E-state index contributed by atoms with van der Waals surface area (Å²) in [7, 11) is 0. The lowest BCUT2D eigenvalue weighted by Gasteiger charge is -2.46. The maximum Gasteiger partial charge on any atom is 0.0284 e. The van der Waals surface area contributed by atoms with Gasteiger partial charge in [-0.25, -0.2) is 0 Å². The molecule has 0 spiro atoms. The zero-order valence-corrected chi connectivity index (χ0v) is 14.1. The first-order valence-corrected chi connectivity index (χ1v) is 9.31. The smallest absolute Gasteiger partial charge is 0.0284 e. The largest absolute Gasteiger partial charge is 0.311 e. The van der Waals surface area contributed by atoms with Crippen molar-refractivity contribution in [3.63, 3.8) is 0 Å². The second-order valence-corrected chi connectivity index (χ2v) is 8.26. The minimum atomic E-state index is 0.547. The van der Waals surface area contributed by atoms with E-state index in [0.29, 0.717) is 16.8 Å². The highest BCUT2D eigenvalue weighted by Crippen LogP contribution is 2.39. The van der Waals surface area contributed by atoms with Crippen molar-refractivity contribution in [1.82, 2.24) is 10.2 Å². The predicted octanol–water partition coefficient (Wildman–Crippen LogP) is 3.37. The highest BCUT2D eigenvalue weighted by molar-refractivity contribution is 8.00. The lowest BCUT2D eigenvalue weighted by molar-refractivity contribution is 0.104. The molecule has 1 heterocycles. The van der Waals surface area contributed by atoms with Crippen LogP contribution in [-0.4, -0.2) is 47.6 Å². The standard InChI is InChI=1S/C16H32N2S/c1-13(2)15-11-18(14(3)10-17-15)12-16(19-4)8-6-5-7-9-16/h13-15,17H,5-12H2,1-4H3. The lowest BCUT2D eigenvalue weighted by Crippen LogP contribution is -2.59. The van der Waals surface area contributed by atoms with Crippen LogP contribution < -0.4 is 5.32 Å². The molecule has 1 N–H and O–H groups in total. The zero-order chi connectivity index (χ0) is 13.9. The summed E-state index contributed by atoms with van der Waals surface area (Å²) < 4.78 is 0.547. The number of piperazine rings is 1. The molecule has 1 saturated heterocycles. The van der Waals surface area contributed by atoms with E-state index < -0.39 is 0 Å². The van der Waals surface area contributed by atoms with Crippen LogP contribution in [0.5, 0.6) is 0 Å². The molecule has 2 atom stereocenters. The summed E-state index contributed by atoms with van der Waals surface area (Å²) in [5, 5.41) is 3.72. The van der Waals surface area contributed by atoms with Crippen LogP contribution in [0.2, 0.25) is 0 Å². The number of nitrogens with one attached hydrogen (secondary N) is 1. The Morgan fingerprint density at radius 1 is 1.26 bits per heavy atom. The van der Waals surface area contributed by atoms with E-state index >= 15 is 0 Å². The van der Waals surface area contributed by atoms with Crippen LogP contribution in [0.4, 0.5) is 0 Å². The van der Waals surface area contributed by atoms with E-state index in [1.54, 1.807) is 0 Å². The van der Waals surface area contributed by atoms with Crippen LogP contribution in [0.15, 0.2) is 0 Å². The molecule has 0 aromatic rings. The van der Waals surface area contributed by atoms with Crippen LogP contribution in [0.3, 0.4) is 0 Å². The third-order valence-electron chi connectivity index (χ3n) is 5.22. The fourth-order valence-electron chi connectivity index (χ4n) is 3.61. The van der Waals surface area contributed by atoms with Crippen LogP contribution in [-0.2, 0) is 0 Å². The Morgan fingerprint density at radius 2 is 1.95 bits per heavy atom. The average molecular weight is 285 g/mol. The molecule has 3 heteroatoms. The maximum absolute atomic E-state index is 3.72. The first-order valence-electron chi connectivity index (χ1n) is 8.09. The van der Waals surface area contributed by atoms with Gasteiger partial charge in [0.25, 0.3) is 0 Å². The molecule has 0 radical (unpaired) electrons. The van der Waals surface area contributed by atoms with Crippen LogP contribution >= 0.6 is 11.8 Å². The number of rotatable bonds is 4. The number of nitrogens with zero attached hydrogens (tertiary/aromatic N) is 1. The van der Waals surface area contributed by atoms with E-state index in [9.17, 15) is 0 Å². The molecule has 0 aromatic carbocycles. The lowest BCUT2D eigenvalue weighted by atomic mass is 9.87. The number of hydrogen-bond donors (Lipinski definition) is 1. The molecule has 1 aliphatic carbocycles. The van der Waals surface area contributed by atoms with Gasteiger partial charge in [0.15, 0.2) is 0 Å². The summed E-state index contributed by atoms with van der Waals surface area (Å²) in [6.45, 7) is 10.8. The SMILES string of the molecule is CSC1(CN2CC(C(C)C)NCC2C)CCCCC1. The molecule has 2 rings (SSSR count). The Morgan fingerprint density at radius 3 is 2.53 bits per heavy atom. The number of thioether (sulfide) groups is 1. The van der Waals surface area contributed by atoms with E-state index in [4.69, 9.17) is 0 Å². The summed E-state index contributed by atoms with van der Waals surface area (Å²) in [6, 6.07) is 1.37. The molecular weight excluding hydrogens is 252 g/mol. The van der Waals surface area contributed by atoms with Crippen molar-refractivity contribution < 1.29 is 0 Å². The molecule has 0 bridgehead atoms. The monoisotopic (exact) mass is 284 g/mol. The fourth-order valence-corrected chi connectivity index (χ4v) is 4.60. The normalized spacial score (nSPS) is 32.7. The first-order chi connectivity index (χ1) is 9.06. The van der Waals surface area contributed by atoms with Gasteiger partial charge in [0.1, 0.15) is 0 Å². The van der Waals surface area contributed by atoms with Gasteiger partial charge in [-0.2, -0.15) is 11.8 Å². The minimum absolute atomic E-state index is 0.547. The van der Waals surface area contributed by atoms with Gasteiger partial charge in [-0.1, -0.05) is 33.1 Å². The van der Waals surface area contributed by atoms with Gasteiger partial charge in [-0.05, 0) is 31.9 Å². The van der Waals surface area contributed by atoms with Gasteiger partial charge < -0.3 is 5.32 Å². The summed E-state index contributed by atoms with van der Waals surface area (Å²) in [5.74, 6) is 0.742. The zero-order valence-electron chi connectivity index (χ0n) is 13.2. The second kappa shape index (κ2) is 6.82. The topological polar surface area (TPSA) is 15.3 Å². The molecule has 1 aliphatic heterocycles. The Labute approximate surface area is 124 Å². The highest BCUT2D eigenvalue weighted by atomic mass is 32.2. The van der Waals surface area contributed by atoms with E-state index in [-0.39, 0.29) is 0 Å². The van der Waals surface area contributed by atoms with E-state index in [1.807, 2.05) is 0 Å². The van der Waals surface area contributed by atoms with Crippen LogP contribution in [0.1, 0.15) is 52.9 Å². The minimum Gasteiger partial charge on any atom is -0.311 e. The van der Waals surface area contributed by atoms with Gasteiger partial charge in [-0.15, -0.1) is 0 Å². The second-order valence-electron chi connectivity index (χ2n) is 6.99. The van der Waals surface area contributed by atoms with Gasteiger partial charge in [0.05, 0.1) is 0 Å². The fraction of sp³-hybridized carbons (Fsp3) is 1.00. The predicted molar refractivity (Wildman–Crippen MR) is 87.0 cm³/mol. The molecule has 2 aliphatic rings. The van der Waals surface area contributed by atoms with Gasteiger partial charge in [-0.3, -0.25) is 4.90 Å². The summed E-state index contributed by atoms with van der Waals surface area (Å²) in [6.07, 6.45) is 9.52. The third-order valence-corrected chi connectivity index (χ3v) is 6.63. The Bertz CT molecular complexity index is 274. The van der Waals surface area contributed by atoms with E-state index in [1.165, 1.54) is 45.2 Å². The number of hydrogen-bond acceptors (Lipinski definition) is 3. The average Bonchev–Trinajstić information content (AvgIpc) is 2.42. The van der Waals surface area contributed by atoms with E-state index in [2.05, 4.69) is 49.0 Å². The summed E-state index contributed by atoms with van der Waals surface area (Å²) in [5.41, 5.74) is 0. The van der Waals surface area contributed by atoms with Gasteiger partial charge in [0, 0.05) is 36.5 Å². The molecular formula is C16H32N2S. The Kier molecular flexibility index (Phi) is 5.62. The molecule has 0 aromatic heterocycles. The maximum atomic E-state index is 3.72. The Hall–Kier alpha value is 0.270. The molecule has 112 valence electrons. The van der Waals surface area contributed by atoms with Crippen LogP contribution in [0.25, 0.3) is 0 Å². The van der Waals surface area contributed by atoms with Gasteiger partial charge in [0.2, 0.25) is 0 Å². The van der Waals surface area contributed by atoms with Crippen molar-refractivity contribution in [2.45, 2.75) is 69.7 Å². The molecule has 0 amide bonds. The molecule has 2 fully saturated rings. The molecule has 2 unspecified atom stereocenters. The van der Waals surface area contributed by atoms with Crippen LogP contribution in [0, 0.1) is 5.92 Å². The van der Waals surface area contributed by atoms with Crippen molar-refractivity contribution in [3.05, 3.63) is 0 Å². The molecule has 1 saturated carbocycles. The molecule has 2 nitrogen and oxygen atoms in total. The van der Waals surface area contributed by atoms with Crippen molar-refractivity contribution in [2.24, 2.45) is 5.92 Å². The van der Waals surface area contributed by atoms with E-state index in [0.717, 1.165) is 12.5 Å².